The fourth-order valence-electron chi connectivity index (χ4n) is 4.49. The molecule has 0 saturated carbocycles. The Bertz CT molecular complexity index is 1280. The number of hydrogen-bond donors (Lipinski definition) is 1. The van der Waals surface area contributed by atoms with E-state index in [4.69, 9.17) is 21.3 Å². The van der Waals surface area contributed by atoms with Gasteiger partial charge in [0, 0.05) is 21.9 Å². The summed E-state index contributed by atoms with van der Waals surface area (Å²) in [6.07, 6.45) is 2.85. The van der Waals surface area contributed by atoms with Crippen molar-refractivity contribution in [1.82, 2.24) is 9.55 Å². The van der Waals surface area contributed by atoms with Gasteiger partial charge in [0.1, 0.15) is 17.3 Å². The predicted molar refractivity (Wildman–Crippen MR) is 138 cm³/mol. The summed E-state index contributed by atoms with van der Waals surface area (Å²) in [6.45, 7) is 4.35. The van der Waals surface area contributed by atoms with Crippen molar-refractivity contribution in [2.75, 3.05) is 7.11 Å². The minimum atomic E-state index is -1.53. The first kappa shape index (κ1) is 24.5. The molecule has 34 heavy (non-hydrogen) atoms. The van der Waals surface area contributed by atoms with Crippen LogP contribution >= 0.6 is 22.9 Å². The number of hydrogen-bond acceptors (Lipinski definition) is 5. The molecule has 0 aliphatic rings. The van der Waals surface area contributed by atoms with Gasteiger partial charge in [0.2, 0.25) is 0 Å². The van der Waals surface area contributed by atoms with Crippen LogP contribution in [0.4, 0.5) is 0 Å². The van der Waals surface area contributed by atoms with Gasteiger partial charge in [0.15, 0.2) is 0 Å². The van der Waals surface area contributed by atoms with Gasteiger partial charge in [-0.25, -0.2) is 4.98 Å². The van der Waals surface area contributed by atoms with E-state index in [1.807, 2.05) is 60.0 Å². The molecule has 0 spiro atoms. The lowest BCUT2D eigenvalue weighted by atomic mass is 9.81. The number of halogens is 1. The molecule has 178 valence electrons. The van der Waals surface area contributed by atoms with E-state index >= 15 is 0 Å². The number of unbranched alkanes of at least 4 members (excludes halogenated alkanes) is 1. The number of para-hydroxylation sites is 1. The summed E-state index contributed by atoms with van der Waals surface area (Å²) < 4.78 is 7.26. The number of fused-ring (bicyclic) bond motifs is 1. The van der Waals surface area contributed by atoms with Crippen LogP contribution in [0.5, 0.6) is 0 Å². The third-order valence-corrected chi connectivity index (χ3v) is 7.56. The standard InChI is InChI=1S/C27H29ClN2O3S/c1-4-5-15-23-29-21-13-8-11-19(25(21)30(23)17-18-10-6-7-12-20(18)28)27(2,32)24(26(31)33-3)22-14-9-16-34-22/h6-14,16,24,32H,4-5,15,17H2,1-3H3. The van der Waals surface area contributed by atoms with E-state index in [9.17, 15) is 9.90 Å². The zero-order valence-electron chi connectivity index (χ0n) is 19.6. The summed E-state index contributed by atoms with van der Waals surface area (Å²) in [4.78, 5) is 18.6. The first-order chi connectivity index (χ1) is 16.4. The highest BCUT2D eigenvalue weighted by molar-refractivity contribution is 7.10. The summed E-state index contributed by atoms with van der Waals surface area (Å²) in [7, 11) is 1.35. The van der Waals surface area contributed by atoms with Crippen molar-refractivity contribution in [3.05, 3.63) is 86.8 Å². The third kappa shape index (κ3) is 4.63. The highest BCUT2D eigenvalue weighted by Crippen LogP contribution is 2.42. The van der Waals surface area contributed by atoms with Gasteiger partial charge in [0.05, 0.1) is 24.7 Å². The summed E-state index contributed by atoms with van der Waals surface area (Å²) in [5.41, 5.74) is 1.67. The molecule has 0 aliphatic heterocycles. The van der Waals surface area contributed by atoms with E-state index in [-0.39, 0.29) is 0 Å². The molecule has 2 unspecified atom stereocenters. The average Bonchev–Trinajstić information content (AvgIpc) is 3.47. The van der Waals surface area contributed by atoms with E-state index < -0.39 is 17.5 Å². The monoisotopic (exact) mass is 496 g/mol. The molecule has 0 saturated heterocycles. The van der Waals surface area contributed by atoms with E-state index in [1.54, 1.807) is 6.92 Å². The number of carbonyl (C=O) groups excluding carboxylic acids is 1. The summed E-state index contributed by atoms with van der Waals surface area (Å²) >= 11 is 7.94. The van der Waals surface area contributed by atoms with Crippen molar-refractivity contribution in [3.63, 3.8) is 0 Å². The largest absolute Gasteiger partial charge is 0.468 e. The molecule has 2 atom stereocenters. The Balaban J connectivity index is 1.93. The van der Waals surface area contributed by atoms with Crippen molar-refractivity contribution in [1.29, 1.82) is 0 Å². The smallest absolute Gasteiger partial charge is 0.317 e. The minimum absolute atomic E-state index is 0.479. The van der Waals surface area contributed by atoms with Crippen LogP contribution in [0.15, 0.2) is 60.0 Å². The normalized spacial score (nSPS) is 14.1. The molecule has 0 bridgehead atoms. The summed E-state index contributed by atoms with van der Waals surface area (Å²) in [5.74, 6) is -0.413. The number of carbonyl (C=O) groups is 1. The Morgan fingerprint density at radius 1 is 1.21 bits per heavy atom. The second kappa shape index (κ2) is 10.3. The van der Waals surface area contributed by atoms with E-state index in [2.05, 4.69) is 11.5 Å². The number of ether oxygens (including phenoxy) is 1. The number of imidazole rings is 1. The lowest BCUT2D eigenvalue weighted by Crippen LogP contribution is -2.36. The molecule has 0 radical (unpaired) electrons. The van der Waals surface area contributed by atoms with Gasteiger partial charge in [0.25, 0.3) is 0 Å². The van der Waals surface area contributed by atoms with Gasteiger partial charge >= 0.3 is 5.97 Å². The number of thiophene rings is 1. The van der Waals surface area contributed by atoms with Crippen LogP contribution in [-0.4, -0.2) is 27.7 Å². The van der Waals surface area contributed by atoms with E-state index in [0.29, 0.717) is 17.1 Å². The molecule has 4 aromatic rings. The molecule has 2 aromatic heterocycles. The molecule has 2 heterocycles. The maximum atomic E-state index is 12.9. The highest BCUT2D eigenvalue weighted by Gasteiger charge is 2.43. The number of esters is 1. The first-order valence-electron chi connectivity index (χ1n) is 11.4. The molecular formula is C27H29ClN2O3S. The number of aromatic nitrogens is 2. The number of rotatable bonds is 9. The van der Waals surface area contributed by atoms with Crippen molar-refractivity contribution in [2.24, 2.45) is 0 Å². The van der Waals surface area contributed by atoms with Crippen molar-refractivity contribution < 1.29 is 14.6 Å². The first-order valence-corrected chi connectivity index (χ1v) is 12.7. The lowest BCUT2D eigenvalue weighted by molar-refractivity contribution is -0.149. The van der Waals surface area contributed by atoms with Crippen LogP contribution in [0.1, 0.15) is 54.4 Å². The predicted octanol–water partition coefficient (Wildman–Crippen LogP) is 6.31. The average molecular weight is 497 g/mol. The Morgan fingerprint density at radius 3 is 2.68 bits per heavy atom. The Hall–Kier alpha value is -2.67. The quantitative estimate of drug-likeness (QED) is 0.276. The maximum Gasteiger partial charge on any atom is 0.317 e. The second-order valence-corrected chi connectivity index (χ2v) is 9.99. The van der Waals surface area contributed by atoms with Crippen molar-refractivity contribution >= 4 is 39.9 Å². The Kier molecular flexibility index (Phi) is 7.41. The highest BCUT2D eigenvalue weighted by atomic mass is 35.5. The number of methoxy groups -OCH3 is 1. The topological polar surface area (TPSA) is 64.3 Å². The maximum absolute atomic E-state index is 12.9. The minimum Gasteiger partial charge on any atom is -0.468 e. The SMILES string of the molecule is CCCCc1nc2cccc(C(C)(O)C(C(=O)OC)c3cccs3)c2n1Cc1ccccc1Cl. The zero-order chi connectivity index (χ0) is 24.3. The fourth-order valence-corrected chi connectivity index (χ4v) is 5.62. The van der Waals surface area contributed by atoms with Crippen LogP contribution in [0.25, 0.3) is 11.0 Å². The van der Waals surface area contributed by atoms with Crippen LogP contribution in [0.3, 0.4) is 0 Å². The van der Waals surface area contributed by atoms with E-state index in [0.717, 1.165) is 46.6 Å². The molecule has 7 heteroatoms. The number of benzene rings is 2. The van der Waals surface area contributed by atoms with Crippen LogP contribution < -0.4 is 0 Å². The van der Waals surface area contributed by atoms with Gasteiger partial charge < -0.3 is 14.4 Å². The second-order valence-electron chi connectivity index (χ2n) is 8.60. The molecule has 4 rings (SSSR count). The number of aliphatic hydroxyl groups is 1. The summed E-state index contributed by atoms with van der Waals surface area (Å²) in [5, 5.41) is 14.6. The van der Waals surface area contributed by atoms with Gasteiger partial charge in [-0.1, -0.05) is 61.3 Å². The number of aryl methyl sites for hydroxylation is 1. The Morgan fingerprint density at radius 2 is 2.00 bits per heavy atom. The molecular weight excluding hydrogens is 468 g/mol. The number of nitrogens with zero attached hydrogens (tertiary/aromatic N) is 2. The molecule has 0 amide bonds. The molecule has 0 aliphatic carbocycles. The molecule has 5 nitrogen and oxygen atoms in total. The zero-order valence-corrected chi connectivity index (χ0v) is 21.2. The molecule has 0 fully saturated rings. The third-order valence-electron chi connectivity index (χ3n) is 6.26. The lowest BCUT2D eigenvalue weighted by Gasteiger charge is -2.32. The molecule has 1 N–H and O–H groups in total. The fraction of sp³-hybridized carbons (Fsp3) is 0.333. The van der Waals surface area contributed by atoms with E-state index in [1.165, 1.54) is 18.4 Å². The molecule has 2 aromatic carbocycles. The van der Waals surface area contributed by atoms with Gasteiger partial charge in [-0.15, -0.1) is 11.3 Å². The summed E-state index contributed by atoms with van der Waals surface area (Å²) in [6, 6.07) is 17.2. The van der Waals surface area contributed by atoms with Gasteiger partial charge in [-0.3, -0.25) is 4.79 Å². The van der Waals surface area contributed by atoms with Crippen molar-refractivity contribution in [2.45, 2.75) is 51.2 Å². The van der Waals surface area contributed by atoms with Gasteiger partial charge in [-0.2, -0.15) is 0 Å². The van der Waals surface area contributed by atoms with Crippen LogP contribution in [-0.2, 0) is 28.1 Å². The van der Waals surface area contributed by atoms with Crippen LogP contribution in [0.2, 0.25) is 5.02 Å². The Labute approximate surface area is 209 Å². The van der Waals surface area contributed by atoms with Crippen molar-refractivity contribution in [3.8, 4) is 0 Å². The van der Waals surface area contributed by atoms with Crippen LogP contribution in [0, 0.1) is 0 Å². The van der Waals surface area contributed by atoms with Gasteiger partial charge in [-0.05, 0) is 42.5 Å².